The van der Waals surface area contributed by atoms with Crippen LogP contribution in [-0.2, 0) is 23.1 Å². The molecule has 0 atom stereocenters. The summed E-state index contributed by atoms with van der Waals surface area (Å²) in [5, 5.41) is 6.65. The van der Waals surface area contributed by atoms with Gasteiger partial charge in [-0.1, -0.05) is 11.2 Å². The third-order valence-electron chi connectivity index (χ3n) is 2.66. The highest BCUT2D eigenvalue weighted by molar-refractivity contribution is 9.10. The zero-order valence-electron chi connectivity index (χ0n) is 11.6. The quantitative estimate of drug-likeness (QED) is 0.791. The van der Waals surface area contributed by atoms with Gasteiger partial charge in [-0.15, -0.1) is 0 Å². The predicted molar refractivity (Wildman–Crippen MR) is 80.0 cm³/mol. The summed E-state index contributed by atoms with van der Waals surface area (Å²) in [6.45, 7) is 2.28. The van der Waals surface area contributed by atoms with Crippen molar-refractivity contribution in [1.82, 2.24) is 20.2 Å². The molecule has 114 valence electrons. The van der Waals surface area contributed by atoms with Crippen molar-refractivity contribution in [3.63, 3.8) is 0 Å². The van der Waals surface area contributed by atoms with Gasteiger partial charge in [0.05, 0.1) is 11.4 Å². The number of sulfonamides is 1. The van der Waals surface area contributed by atoms with Crippen LogP contribution < -0.4 is 10.0 Å². The highest BCUT2D eigenvalue weighted by Gasteiger charge is 2.18. The zero-order valence-corrected chi connectivity index (χ0v) is 14.0. The van der Waals surface area contributed by atoms with Gasteiger partial charge in [0.25, 0.3) is 0 Å². The first-order valence-corrected chi connectivity index (χ1v) is 8.42. The summed E-state index contributed by atoms with van der Waals surface area (Å²) in [5.41, 5.74) is 0.983. The van der Waals surface area contributed by atoms with E-state index in [1.807, 2.05) is 7.05 Å². The fourth-order valence-corrected chi connectivity index (χ4v) is 3.83. The van der Waals surface area contributed by atoms with E-state index in [9.17, 15) is 8.42 Å². The van der Waals surface area contributed by atoms with E-state index in [-0.39, 0.29) is 11.4 Å². The van der Waals surface area contributed by atoms with E-state index in [4.69, 9.17) is 4.52 Å². The maximum absolute atomic E-state index is 12.3. The van der Waals surface area contributed by atoms with Gasteiger partial charge in [-0.05, 0) is 40.7 Å². The molecule has 0 bridgehead atoms. The average molecular weight is 375 g/mol. The van der Waals surface area contributed by atoms with Crippen molar-refractivity contribution >= 4 is 26.0 Å². The molecule has 1 aromatic carbocycles. The van der Waals surface area contributed by atoms with Gasteiger partial charge in [-0.2, -0.15) is 4.98 Å². The first-order valence-electron chi connectivity index (χ1n) is 6.14. The summed E-state index contributed by atoms with van der Waals surface area (Å²) >= 11 is 3.29. The van der Waals surface area contributed by atoms with Gasteiger partial charge in [-0.25, -0.2) is 13.1 Å². The lowest BCUT2D eigenvalue weighted by atomic mass is 10.2. The highest BCUT2D eigenvalue weighted by atomic mass is 79.9. The predicted octanol–water partition coefficient (Wildman–Crippen LogP) is 1.34. The minimum Gasteiger partial charge on any atom is -0.340 e. The molecule has 2 aromatic rings. The molecule has 1 aromatic heterocycles. The third-order valence-corrected chi connectivity index (χ3v) is 5.03. The molecule has 0 unspecified atom stereocenters. The van der Waals surface area contributed by atoms with Crippen LogP contribution in [0, 0.1) is 6.92 Å². The Labute approximate surface area is 131 Å². The first-order chi connectivity index (χ1) is 9.92. The number of hydrogen-bond donors (Lipinski definition) is 2. The van der Waals surface area contributed by atoms with Crippen molar-refractivity contribution < 1.29 is 12.9 Å². The molecular weight excluding hydrogens is 360 g/mol. The summed E-state index contributed by atoms with van der Waals surface area (Å²) in [6.07, 6.45) is 0. The molecule has 0 amide bonds. The second-order valence-electron chi connectivity index (χ2n) is 4.35. The third kappa shape index (κ3) is 4.10. The molecule has 0 aliphatic heterocycles. The fraction of sp³-hybridized carbons (Fsp3) is 0.333. The number of hydrogen-bond acceptors (Lipinski definition) is 6. The summed E-state index contributed by atoms with van der Waals surface area (Å²) < 4.78 is 32.3. The number of aromatic nitrogens is 2. The Bertz CT molecular complexity index is 730. The molecule has 0 saturated carbocycles. The van der Waals surface area contributed by atoms with Crippen molar-refractivity contribution in [2.45, 2.75) is 24.9 Å². The van der Waals surface area contributed by atoms with E-state index in [0.29, 0.717) is 22.7 Å². The SMILES string of the molecule is CNCc1ccc(S(=O)(=O)NCc2noc(C)n2)c(Br)c1. The first kappa shape index (κ1) is 16.1. The van der Waals surface area contributed by atoms with E-state index in [0.717, 1.165) is 5.56 Å². The Morgan fingerprint density at radius 1 is 1.33 bits per heavy atom. The van der Waals surface area contributed by atoms with Gasteiger partial charge in [-0.3, -0.25) is 0 Å². The van der Waals surface area contributed by atoms with Crippen molar-refractivity contribution in [2.24, 2.45) is 0 Å². The van der Waals surface area contributed by atoms with E-state index >= 15 is 0 Å². The number of aryl methyl sites for hydroxylation is 1. The molecule has 7 nitrogen and oxygen atoms in total. The highest BCUT2D eigenvalue weighted by Crippen LogP contribution is 2.23. The molecular formula is C12H15BrN4O3S. The van der Waals surface area contributed by atoms with Crippen LogP contribution in [0.1, 0.15) is 17.3 Å². The minimum atomic E-state index is -3.65. The molecule has 0 aliphatic rings. The van der Waals surface area contributed by atoms with E-state index in [1.54, 1.807) is 25.1 Å². The van der Waals surface area contributed by atoms with E-state index in [2.05, 4.69) is 36.1 Å². The largest absolute Gasteiger partial charge is 0.340 e. The molecule has 2 N–H and O–H groups in total. The van der Waals surface area contributed by atoms with Crippen LogP contribution >= 0.6 is 15.9 Å². The second-order valence-corrected chi connectivity index (χ2v) is 6.94. The topological polar surface area (TPSA) is 97.1 Å². The molecule has 21 heavy (non-hydrogen) atoms. The van der Waals surface area contributed by atoms with Gasteiger partial charge in [0, 0.05) is 17.9 Å². The Hall–Kier alpha value is -1.29. The maximum atomic E-state index is 12.3. The number of nitrogens with zero attached hydrogens (tertiary/aromatic N) is 2. The van der Waals surface area contributed by atoms with E-state index < -0.39 is 10.0 Å². The summed E-state index contributed by atoms with van der Waals surface area (Å²) in [4.78, 5) is 4.11. The van der Waals surface area contributed by atoms with Crippen molar-refractivity contribution in [2.75, 3.05) is 7.05 Å². The fourth-order valence-electron chi connectivity index (χ4n) is 1.73. The standard InChI is InChI=1S/C12H15BrN4O3S/c1-8-16-12(17-20-8)7-15-21(18,19)11-4-3-9(6-14-2)5-10(11)13/h3-5,14-15H,6-7H2,1-2H3. The molecule has 0 aliphatic carbocycles. The number of benzene rings is 1. The molecule has 0 saturated heterocycles. The van der Waals surface area contributed by atoms with Crippen molar-refractivity contribution in [1.29, 1.82) is 0 Å². The van der Waals surface area contributed by atoms with Gasteiger partial charge in [0.1, 0.15) is 0 Å². The average Bonchev–Trinajstić information content (AvgIpc) is 2.83. The van der Waals surface area contributed by atoms with Crippen LogP contribution in [0.25, 0.3) is 0 Å². The molecule has 0 radical (unpaired) electrons. The van der Waals surface area contributed by atoms with E-state index in [1.165, 1.54) is 0 Å². The normalized spacial score (nSPS) is 11.8. The second kappa shape index (κ2) is 6.65. The van der Waals surface area contributed by atoms with Crippen LogP contribution in [0.5, 0.6) is 0 Å². The molecule has 0 fully saturated rings. The Kier molecular flexibility index (Phi) is 5.09. The van der Waals surface area contributed by atoms with Crippen LogP contribution in [0.2, 0.25) is 0 Å². The Morgan fingerprint density at radius 2 is 2.10 bits per heavy atom. The Balaban J connectivity index is 2.15. The van der Waals surface area contributed by atoms with Crippen LogP contribution in [0.3, 0.4) is 0 Å². The van der Waals surface area contributed by atoms with Crippen LogP contribution in [0.15, 0.2) is 32.1 Å². The summed E-state index contributed by atoms with van der Waals surface area (Å²) in [6, 6.07) is 5.08. The number of nitrogens with one attached hydrogen (secondary N) is 2. The lowest BCUT2D eigenvalue weighted by Gasteiger charge is -2.09. The summed E-state index contributed by atoms with van der Waals surface area (Å²) in [5.74, 6) is 0.681. The monoisotopic (exact) mass is 374 g/mol. The molecule has 0 spiro atoms. The maximum Gasteiger partial charge on any atom is 0.242 e. The van der Waals surface area contributed by atoms with Crippen LogP contribution in [-0.4, -0.2) is 25.6 Å². The van der Waals surface area contributed by atoms with Gasteiger partial charge >= 0.3 is 0 Å². The number of rotatable bonds is 6. The van der Waals surface area contributed by atoms with Gasteiger partial charge < -0.3 is 9.84 Å². The van der Waals surface area contributed by atoms with Crippen LogP contribution in [0.4, 0.5) is 0 Å². The van der Waals surface area contributed by atoms with Gasteiger partial charge in [0.2, 0.25) is 15.9 Å². The van der Waals surface area contributed by atoms with Gasteiger partial charge in [0.15, 0.2) is 5.82 Å². The van der Waals surface area contributed by atoms with Crippen molar-refractivity contribution in [3.8, 4) is 0 Å². The number of halogens is 1. The zero-order chi connectivity index (χ0) is 15.5. The molecule has 2 rings (SSSR count). The lowest BCUT2D eigenvalue weighted by molar-refractivity contribution is 0.387. The summed E-state index contributed by atoms with van der Waals surface area (Å²) in [7, 11) is -1.82. The minimum absolute atomic E-state index is 0.0234. The molecule has 9 heteroatoms. The van der Waals surface area contributed by atoms with Crippen molar-refractivity contribution in [3.05, 3.63) is 40.0 Å². The Morgan fingerprint density at radius 3 is 2.67 bits per heavy atom. The lowest BCUT2D eigenvalue weighted by Crippen LogP contribution is -2.24. The molecule has 1 heterocycles. The smallest absolute Gasteiger partial charge is 0.242 e.